The second-order valence-electron chi connectivity index (χ2n) is 9.78. The largest absolute Gasteiger partial charge is 0.497 e. The van der Waals surface area contributed by atoms with Crippen LogP contribution < -0.4 is 14.8 Å². The standard InChI is InChI=1S/C31H36N2O5/c1-35-29-7-3-6-27(21-29)32-31(34)25-8-9-30-26(20-25)19-23-4-2-5-24(18-23)22-33(12-15-37-16-17-38-30)28-10-13-36-14-11-28/h2-9,18,20-21,28H,10-17,19,22H2,1H3,(H,32,34). The van der Waals surface area contributed by atoms with Crippen LogP contribution in [0.5, 0.6) is 11.5 Å². The summed E-state index contributed by atoms with van der Waals surface area (Å²) in [6.45, 7) is 5.05. The van der Waals surface area contributed by atoms with Gasteiger partial charge in [-0.3, -0.25) is 9.69 Å². The minimum Gasteiger partial charge on any atom is -0.497 e. The number of ether oxygens (including phenoxy) is 4. The molecule has 3 aromatic rings. The van der Waals surface area contributed by atoms with Crippen LogP contribution in [0.2, 0.25) is 0 Å². The number of nitrogens with zero attached hydrogens (tertiary/aromatic N) is 1. The lowest BCUT2D eigenvalue weighted by Gasteiger charge is -2.34. The Morgan fingerprint density at radius 1 is 0.895 bits per heavy atom. The van der Waals surface area contributed by atoms with E-state index in [-0.39, 0.29) is 5.91 Å². The fourth-order valence-electron chi connectivity index (χ4n) is 5.13. The van der Waals surface area contributed by atoms with Crippen LogP contribution in [0.25, 0.3) is 0 Å². The van der Waals surface area contributed by atoms with E-state index < -0.39 is 0 Å². The Balaban J connectivity index is 1.38. The third-order valence-corrected chi connectivity index (χ3v) is 7.14. The maximum atomic E-state index is 13.1. The molecule has 38 heavy (non-hydrogen) atoms. The van der Waals surface area contributed by atoms with Gasteiger partial charge in [0.1, 0.15) is 18.1 Å². The quantitative estimate of drug-likeness (QED) is 0.531. The summed E-state index contributed by atoms with van der Waals surface area (Å²) >= 11 is 0. The van der Waals surface area contributed by atoms with Crippen LogP contribution in [0.3, 0.4) is 0 Å². The molecule has 200 valence electrons. The molecule has 0 radical (unpaired) electrons. The second kappa shape index (κ2) is 12.9. The van der Waals surface area contributed by atoms with Crippen LogP contribution in [-0.2, 0) is 22.4 Å². The molecule has 0 atom stereocenters. The molecule has 7 nitrogen and oxygen atoms in total. The van der Waals surface area contributed by atoms with Crippen LogP contribution in [-0.4, -0.2) is 63.5 Å². The van der Waals surface area contributed by atoms with Crippen LogP contribution in [0.4, 0.5) is 5.69 Å². The third kappa shape index (κ3) is 6.92. The molecular weight excluding hydrogens is 480 g/mol. The molecule has 2 aliphatic rings. The number of hydrogen-bond acceptors (Lipinski definition) is 6. The molecule has 0 saturated carbocycles. The van der Waals surface area contributed by atoms with Gasteiger partial charge in [0.2, 0.25) is 0 Å². The molecule has 2 heterocycles. The summed E-state index contributed by atoms with van der Waals surface area (Å²) in [6, 6.07) is 22.2. The van der Waals surface area contributed by atoms with Crippen molar-refractivity contribution in [2.75, 3.05) is 52.0 Å². The fourth-order valence-corrected chi connectivity index (χ4v) is 5.13. The molecule has 5 rings (SSSR count). The summed E-state index contributed by atoms with van der Waals surface area (Å²) in [5.74, 6) is 1.29. The average Bonchev–Trinajstić information content (AvgIpc) is 2.95. The number of hydrogen-bond donors (Lipinski definition) is 1. The Morgan fingerprint density at radius 2 is 1.71 bits per heavy atom. The van der Waals surface area contributed by atoms with E-state index in [4.69, 9.17) is 18.9 Å². The molecule has 7 heteroatoms. The van der Waals surface area contributed by atoms with Gasteiger partial charge in [-0.05, 0) is 59.9 Å². The van der Waals surface area contributed by atoms with Gasteiger partial charge in [-0.25, -0.2) is 0 Å². The minimum atomic E-state index is -0.176. The van der Waals surface area contributed by atoms with Gasteiger partial charge in [0.15, 0.2) is 0 Å². The van der Waals surface area contributed by atoms with Crippen molar-refractivity contribution in [3.8, 4) is 11.5 Å². The minimum absolute atomic E-state index is 0.176. The maximum absolute atomic E-state index is 13.1. The van der Waals surface area contributed by atoms with E-state index in [9.17, 15) is 4.79 Å². The number of benzene rings is 3. The average molecular weight is 517 g/mol. The second-order valence-corrected chi connectivity index (χ2v) is 9.78. The molecule has 1 fully saturated rings. The van der Waals surface area contributed by atoms with E-state index in [1.807, 2.05) is 30.3 Å². The van der Waals surface area contributed by atoms with Gasteiger partial charge in [-0.2, -0.15) is 0 Å². The van der Waals surface area contributed by atoms with Crippen molar-refractivity contribution in [3.63, 3.8) is 0 Å². The number of rotatable bonds is 4. The van der Waals surface area contributed by atoms with E-state index in [0.717, 1.165) is 50.5 Å². The van der Waals surface area contributed by atoms with Crippen molar-refractivity contribution < 1.29 is 23.7 Å². The predicted molar refractivity (Wildman–Crippen MR) is 147 cm³/mol. The highest BCUT2D eigenvalue weighted by Gasteiger charge is 2.22. The first-order valence-corrected chi connectivity index (χ1v) is 13.4. The lowest BCUT2D eigenvalue weighted by Crippen LogP contribution is -2.41. The molecular formula is C31H36N2O5. The molecule has 2 aliphatic heterocycles. The normalized spacial score (nSPS) is 17.5. The Kier molecular flexibility index (Phi) is 8.91. The SMILES string of the molecule is COc1cccc(NC(=O)c2ccc3c(c2)Cc2cccc(c2)CN(C2CCOCC2)CCOCCO3)c1. The van der Waals surface area contributed by atoms with Crippen molar-refractivity contribution in [1.29, 1.82) is 0 Å². The van der Waals surface area contributed by atoms with E-state index >= 15 is 0 Å². The maximum Gasteiger partial charge on any atom is 0.255 e. The van der Waals surface area contributed by atoms with Crippen molar-refractivity contribution in [2.45, 2.75) is 31.8 Å². The zero-order chi connectivity index (χ0) is 26.2. The van der Waals surface area contributed by atoms with Crippen molar-refractivity contribution in [2.24, 2.45) is 0 Å². The molecule has 3 aromatic carbocycles. The van der Waals surface area contributed by atoms with Gasteiger partial charge in [0, 0.05) is 56.1 Å². The Morgan fingerprint density at radius 3 is 2.58 bits per heavy atom. The van der Waals surface area contributed by atoms with Crippen LogP contribution in [0, 0.1) is 0 Å². The zero-order valence-corrected chi connectivity index (χ0v) is 22.0. The number of anilines is 1. The van der Waals surface area contributed by atoms with E-state index in [0.29, 0.717) is 49.3 Å². The predicted octanol–water partition coefficient (Wildman–Crippen LogP) is 4.93. The lowest BCUT2D eigenvalue weighted by atomic mass is 9.99. The lowest BCUT2D eigenvalue weighted by molar-refractivity contribution is 0.0133. The van der Waals surface area contributed by atoms with Crippen molar-refractivity contribution >= 4 is 11.6 Å². The summed E-state index contributed by atoms with van der Waals surface area (Å²) in [6.07, 6.45) is 2.77. The van der Waals surface area contributed by atoms with Gasteiger partial charge in [0.05, 0.1) is 20.3 Å². The molecule has 1 amide bonds. The van der Waals surface area contributed by atoms with E-state index in [1.165, 1.54) is 11.1 Å². The van der Waals surface area contributed by atoms with Crippen LogP contribution >= 0.6 is 0 Å². The summed E-state index contributed by atoms with van der Waals surface area (Å²) in [4.78, 5) is 15.6. The fraction of sp³-hybridized carbons (Fsp3) is 0.387. The molecule has 1 N–H and O–H groups in total. The molecule has 1 saturated heterocycles. The number of amides is 1. The Bertz CT molecular complexity index is 1220. The van der Waals surface area contributed by atoms with Gasteiger partial charge >= 0.3 is 0 Å². The summed E-state index contributed by atoms with van der Waals surface area (Å²) in [7, 11) is 1.61. The summed E-state index contributed by atoms with van der Waals surface area (Å²) in [5, 5.41) is 2.97. The molecule has 0 aliphatic carbocycles. The van der Waals surface area contributed by atoms with Gasteiger partial charge < -0.3 is 24.3 Å². The monoisotopic (exact) mass is 516 g/mol. The van der Waals surface area contributed by atoms with Crippen LogP contribution in [0.15, 0.2) is 66.7 Å². The first-order chi connectivity index (χ1) is 18.7. The Labute approximate surface area is 224 Å². The zero-order valence-electron chi connectivity index (χ0n) is 22.0. The van der Waals surface area contributed by atoms with E-state index in [1.54, 1.807) is 19.2 Å². The van der Waals surface area contributed by atoms with Crippen molar-refractivity contribution in [1.82, 2.24) is 4.90 Å². The highest BCUT2D eigenvalue weighted by Crippen LogP contribution is 2.26. The molecule has 0 unspecified atom stereocenters. The number of methoxy groups -OCH3 is 1. The van der Waals surface area contributed by atoms with Gasteiger partial charge in [-0.15, -0.1) is 0 Å². The highest BCUT2D eigenvalue weighted by molar-refractivity contribution is 6.04. The number of nitrogens with one attached hydrogen (secondary N) is 1. The van der Waals surface area contributed by atoms with Crippen LogP contribution in [0.1, 0.15) is 39.9 Å². The van der Waals surface area contributed by atoms with E-state index in [2.05, 4.69) is 34.5 Å². The third-order valence-electron chi connectivity index (χ3n) is 7.14. The van der Waals surface area contributed by atoms with Gasteiger partial charge in [0.25, 0.3) is 5.91 Å². The molecule has 2 bridgehead atoms. The van der Waals surface area contributed by atoms with Crippen molar-refractivity contribution in [3.05, 3.63) is 89.0 Å². The molecule has 0 aromatic heterocycles. The molecule has 0 spiro atoms. The highest BCUT2D eigenvalue weighted by atomic mass is 16.5. The number of carbonyl (C=O) groups excluding carboxylic acids is 1. The summed E-state index contributed by atoms with van der Waals surface area (Å²) in [5.41, 5.74) is 4.70. The Hall–Kier alpha value is -3.39. The van der Waals surface area contributed by atoms with Gasteiger partial charge in [-0.1, -0.05) is 30.3 Å². The number of fused-ring (bicyclic) bond motifs is 3. The first-order valence-electron chi connectivity index (χ1n) is 13.4. The first kappa shape index (κ1) is 26.2. The number of carbonyl (C=O) groups is 1. The smallest absolute Gasteiger partial charge is 0.255 e. The summed E-state index contributed by atoms with van der Waals surface area (Å²) < 4.78 is 22.9. The topological polar surface area (TPSA) is 69.3 Å².